The average molecular weight is 253 g/mol. The smallest absolute Gasteiger partial charge is 0.407 e. The van der Waals surface area contributed by atoms with Crippen LogP contribution in [0.1, 0.15) is 18.5 Å². The van der Waals surface area contributed by atoms with Gasteiger partial charge in [0.1, 0.15) is 0 Å². The van der Waals surface area contributed by atoms with E-state index in [1.165, 1.54) is 11.0 Å². The van der Waals surface area contributed by atoms with E-state index >= 15 is 0 Å². The molecule has 3 N–H and O–H groups in total. The SMILES string of the molecule is NCC1(c2cccc(F)n2)CCN(C(=O)O)CC1. The summed E-state index contributed by atoms with van der Waals surface area (Å²) in [5.41, 5.74) is 6.03. The van der Waals surface area contributed by atoms with Gasteiger partial charge in [-0.1, -0.05) is 6.07 Å². The molecule has 1 amide bonds. The summed E-state index contributed by atoms with van der Waals surface area (Å²) in [4.78, 5) is 16.1. The van der Waals surface area contributed by atoms with Crippen LogP contribution in [0.2, 0.25) is 0 Å². The Bertz CT molecular complexity index is 445. The van der Waals surface area contributed by atoms with E-state index in [1.54, 1.807) is 12.1 Å². The largest absolute Gasteiger partial charge is 0.465 e. The lowest BCUT2D eigenvalue weighted by molar-refractivity contribution is 0.116. The zero-order chi connectivity index (χ0) is 13.2. The maximum Gasteiger partial charge on any atom is 0.407 e. The number of carbonyl (C=O) groups is 1. The Morgan fingerprint density at radius 3 is 2.67 bits per heavy atom. The first-order valence-corrected chi connectivity index (χ1v) is 5.88. The van der Waals surface area contributed by atoms with Gasteiger partial charge < -0.3 is 15.7 Å². The summed E-state index contributed by atoms with van der Waals surface area (Å²) in [7, 11) is 0. The van der Waals surface area contributed by atoms with E-state index in [1.807, 2.05) is 0 Å². The summed E-state index contributed by atoms with van der Waals surface area (Å²) >= 11 is 0. The summed E-state index contributed by atoms with van der Waals surface area (Å²) < 4.78 is 13.2. The van der Waals surface area contributed by atoms with E-state index in [2.05, 4.69) is 4.98 Å². The van der Waals surface area contributed by atoms with Crippen molar-refractivity contribution in [1.82, 2.24) is 9.88 Å². The summed E-state index contributed by atoms with van der Waals surface area (Å²) in [6.45, 7) is 1.16. The lowest BCUT2D eigenvalue weighted by atomic mass is 9.75. The molecule has 98 valence electrons. The fraction of sp³-hybridized carbons (Fsp3) is 0.500. The van der Waals surface area contributed by atoms with Crippen molar-refractivity contribution >= 4 is 6.09 Å². The molecule has 1 fully saturated rings. The Morgan fingerprint density at radius 2 is 2.17 bits per heavy atom. The summed E-state index contributed by atoms with van der Waals surface area (Å²) in [5.74, 6) is -0.527. The normalized spacial score (nSPS) is 18.7. The Balaban J connectivity index is 2.21. The van der Waals surface area contributed by atoms with Crippen molar-refractivity contribution in [1.29, 1.82) is 0 Å². The molecule has 1 aliphatic heterocycles. The highest BCUT2D eigenvalue weighted by atomic mass is 19.1. The number of aromatic nitrogens is 1. The molecule has 0 bridgehead atoms. The van der Waals surface area contributed by atoms with Crippen LogP contribution in [-0.2, 0) is 5.41 Å². The molecular weight excluding hydrogens is 237 g/mol. The van der Waals surface area contributed by atoms with Gasteiger partial charge in [0.15, 0.2) is 0 Å². The van der Waals surface area contributed by atoms with Gasteiger partial charge in [0.25, 0.3) is 0 Å². The van der Waals surface area contributed by atoms with Gasteiger partial charge in [-0.25, -0.2) is 9.78 Å². The van der Waals surface area contributed by atoms with Gasteiger partial charge in [-0.15, -0.1) is 0 Å². The molecule has 0 radical (unpaired) electrons. The molecule has 0 aliphatic carbocycles. The fourth-order valence-corrected chi connectivity index (χ4v) is 2.39. The number of piperidine rings is 1. The number of amides is 1. The van der Waals surface area contributed by atoms with Crippen molar-refractivity contribution in [3.05, 3.63) is 29.8 Å². The summed E-state index contributed by atoms with van der Waals surface area (Å²) in [6, 6.07) is 4.66. The van der Waals surface area contributed by atoms with Gasteiger partial charge in [0, 0.05) is 25.0 Å². The summed E-state index contributed by atoms with van der Waals surface area (Å²) in [5, 5.41) is 8.91. The molecule has 0 atom stereocenters. The lowest BCUT2D eigenvalue weighted by Gasteiger charge is -2.39. The Kier molecular flexibility index (Phi) is 3.47. The van der Waals surface area contributed by atoms with Gasteiger partial charge in [-0.05, 0) is 25.0 Å². The lowest BCUT2D eigenvalue weighted by Crippen LogP contribution is -2.48. The molecule has 0 saturated carbocycles. The molecule has 2 rings (SSSR count). The predicted molar refractivity (Wildman–Crippen MR) is 63.8 cm³/mol. The van der Waals surface area contributed by atoms with Gasteiger partial charge in [0.05, 0.1) is 5.69 Å². The number of likely N-dealkylation sites (tertiary alicyclic amines) is 1. The van der Waals surface area contributed by atoms with Crippen molar-refractivity contribution in [3.8, 4) is 0 Å². The third-order valence-electron chi connectivity index (χ3n) is 3.64. The highest BCUT2D eigenvalue weighted by Crippen LogP contribution is 2.33. The summed E-state index contributed by atoms with van der Waals surface area (Å²) in [6.07, 6.45) is 0.228. The number of pyridine rings is 1. The van der Waals surface area contributed by atoms with Crippen LogP contribution in [0.4, 0.5) is 9.18 Å². The average Bonchev–Trinajstić information content (AvgIpc) is 2.38. The van der Waals surface area contributed by atoms with E-state index in [0.717, 1.165) is 0 Å². The number of carboxylic acid groups (broad SMARTS) is 1. The van der Waals surface area contributed by atoms with Crippen LogP contribution in [0.3, 0.4) is 0 Å². The molecule has 0 aromatic carbocycles. The minimum atomic E-state index is -0.923. The number of halogens is 1. The van der Waals surface area contributed by atoms with Crippen LogP contribution >= 0.6 is 0 Å². The van der Waals surface area contributed by atoms with Crippen molar-refractivity contribution in [2.24, 2.45) is 5.73 Å². The first kappa shape index (κ1) is 12.8. The third-order valence-corrected chi connectivity index (χ3v) is 3.64. The Hall–Kier alpha value is -1.69. The topological polar surface area (TPSA) is 79.5 Å². The van der Waals surface area contributed by atoms with E-state index in [9.17, 15) is 9.18 Å². The van der Waals surface area contributed by atoms with Crippen molar-refractivity contribution in [3.63, 3.8) is 0 Å². The van der Waals surface area contributed by atoms with Crippen LogP contribution in [-0.4, -0.2) is 40.7 Å². The molecular formula is C12H16FN3O2. The van der Waals surface area contributed by atoms with Crippen LogP contribution in [0.5, 0.6) is 0 Å². The fourth-order valence-electron chi connectivity index (χ4n) is 2.39. The number of rotatable bonds is 2. The zero-order valence-corrected chi connectivity index (χ0v) is 9.97. The zero-order valence-electron chi connectivity index (χ0n) is 9.97. The van der Waals surface area contributed by atoms with Gasteiger partial charge in [-0.2, -0.15) is 4.39 Å². The number of hydrogen-bond donors (Lipinski definition) is 2. The van der Waals surface area contributed by atoms with Crippen molar-refractivity contribution in [2.45, 2.75) is 18.3 Å². The molecule has 6 heteroatoms. The van der Waals surface area contributed by atoms with Crippen LogP contribution in [0.15, 0.2) is 18.2 Å². The Labute approximate surface area is 104 Å². The van der Waals surface area contributed by atoms with Gasteiger partial charge >= 0.3 is 6.09 Å². The third kappa shape index (κ3) is 2.28. The van der Waals surface area contributed by atoms with E-state index < -0.39 is 17.5 Å². The van der Waals surface area contributed by atoms with Gasteiger partial charge in [-0.3, -0.25) is 0 Å². The highest BCUT2D eigenvalue weighted by Gasteiger charge is 2.37. The molecule has 18 heavy (non-hydrogen) atoms. The second-order valence-electron chi connectivity index (χ2n) is 4.60. The second kappa shape index (κ2) is 4.89. The molecule has 0 spiro atoms. The minimum Gasteiger partial charge on any atom is -0.465 e. The molecule has 2 heterocycles. The maximum absolute atomic E-state index is 13.2. The van der Waals surface area contributed by atoms with Crippen LogP contribution in [0.25, 0.3) is 0 Å². The van der Waals surface area contributed by atoms with Crippen LogP contribution in [0, 0.1) is 5.95 Å². The molecule has 1 saturated heterocycles. The van der Waals surface area contributed by atoms with E-state index in [4.69, 9.17) is 10.8 Å². The predicted octanol–water partition coefficient (Wildman–Crippen LogP) is 1.19. The number of nitrogens with zero attached hydrogens (tertiary/aromatic N) is 2. The maximum atomic E-state index is 13.2. The molecule has 1 aromatic rings. The van der Waals surface area contributed by atoms with Crippen LogP contribution < -0.4 is 5.73 Å². The first-order valence-electron chi connectivity index (χ1n) is 5.88. The van der Waals surface area contributed by atoms with Crippen molar-refractivity contribution < 1.29 is 14.3 Å². The second-order valence-corrected chi connectivity index (χ2v) is 4.60. The molecule has 1 aromatic heterocycles. The molecule has 5 nitrogen and oxygen atoms in total. The first-order chi connectivity index (χ1) is 8.57. The number of hydrogen-bond acceptors (Lipinski definition) is 3. The molecule has 1 aliphatic rings. The van der Waals surface area contributed by atoms with E-state index in [0.29, 0.717) is 38.2 Å². The monoisotopic (exact) mass is 253 g/mol. The van der Waals surface area contributed by atoms with Crippen molar-refractivity contribution in [2.75, 3.05) is 19.6 Å². The quantitative estimate of drug-likeness (QED) is 0.776. The minimum absolute atomic E-state index is 0.344. The number of nitrogens with two attached hydrogens (primary N) is 1. The Morgan fingerprint density at radius 1 is 1.50 bits per heavy atom. The highest BCUT2D eigenvalue weighted by molar-refractivity contribution is 5.65. The van der Waals surface area contributed by atoms with Gasteiger partial charge in [0.2, 0.25) is 5.95 Å². The van der Waals surface area contributed by atoms with E-state index in [-0.39, 0.29) is 0 Å². The standard InChI is InChI=1S/C12H16FN3O2/c13-10-3-1-2-9(15-10)12(8-14)4-6-16(7-5-12)11(17)18/h1-3H,4-8,14H2,(H,17,18). The molecule has 0 unspecified atom stereocenters.